The third-order valence-corrected chi connectivity index (χ3v) is 8.40. The summed E-state index contributed by atoms with van der Waals surface area (Å²) < 4.78 is 0. The zero-order valence-corrected chi connectivity index (χ0v) is 23.2. The highest BCUT2D eigenvalue weighted by molar-refractivity contribution is 5.92. The van der Waals surface area contributed by atoms with Crippen molar-refractivity contribution in [1.82, 2.24) is 20.1 Å². The van der Waals surface area contributed by atoms with Gasteiger partial charge in [-0.2, -0.15) is 0 Å². The van der Waals surface area contributed by atoms with E-state index >= 15 is 0 Å². The van der Waals surface area contributed by atoms with Crippen LogP contribution in [0.1, 0.15) is 89.5 Å². The Morgan fingerprint density at radius 2 is 1.82 bits per heavy atom. The predicted octanol–water partition coefficient (Wildman–Crippen LogP) is 5.20. The number of unbranched alkanes of at least 4 members (excludes halogenated alkanes) is 1. The lowest BCUT2D eigenvalue weighted by Gasteiger charge is -2.31. The number of fused-ring (bicyclic) bond motifs is 1. The molecule has 1 aliphatic heterocycles. The molecule has 1 atom stereocenters. The second-order valence-corrected chi connectivity index (χ2v) is 11.3. The monoisotopic (exact) mass is 522 g/mol. The fourth-order valence-electron chi connectivity index (χ4n) is 6.08. The number of carbonyl (C=O) groups is 3. The van der Waals surface area contributed by atoms with Crippen molar-refractivity contribution >= 4 is 28.6 Å². The fourth-order valence-corrected chi connectivity index (χ4v) is 6.08. The van der Waals surface area contributed by atoms with Gasteiger partial charge in [0.05, 0.1) is 6.42 Å². The molecule has 2 N–H and O–H groups in total. The smallest absolute Gasteiger partial charge is 0.245 e. The number of hydrogen-bond donors (Lipinski definition) is 2. The van der Waals surface area contributed by atoms with E-state index in [-0.39, 0.29) is 24.1 Å². The second kappa shape index (κ2) is 14.4. The minimum atomic E-state index is -0.555. The van der Waals surface area contributed by atoms with Gasteiger partial charge in [0.15, 0.2) is 0 Å². The molecular weight excluding hydrogens is 476 g/mol. The zero-order chi connectivity index (χ0) is 26.7. The third-order valence-electron chi connectivity index (χ3n) is 8.40. The normalized spacial score (nSPS) is 17.0. The van der Waals surface area contributed by atoms with E-state index in [1.54, 1.807) is 0 Å². The molecule has 7 heteroatoms. The molecular formula is C31H46N4O3. The number of aromatic amines is 1. The molecule has 3 amide bonds. The molecule has 1 saturated carbocycles. The van der Waals surface area contributed by atoms with Crippen LogP contribution in [0.25, 0.3) is 10.9 Å². The SMILES string of the molecule is CCCC[C@H](NC(=O)Cc1c[nH]c2ccccc12)C(=O)N(CCC(=O)N1CCCC1)CCC1CCCCC1. The van der Waals surface area contributed by atoms with Gasteiger partial charge in [0, 0.05) is 49.7 Å². The molecule has 2 aromatic rings. The molecule has 38 heavy (non-hydrogen) atoms. The van der Waals surface area contributed by atoms with Gasteiger partial charge in [-0.05, 0) is 43.2 Å². The highest BCUT2D eigenvalue weighted by atomic mass is 16.2. The van der Waals surface area contributed by atoms with Crippen LogP contribution in [0.2, 0.25) is 0 Å². The number of rotatable bonds is 13. The Kier molecular flexibility index (Phi) is 10.6. The van der Waals surface area contributed by atoms with Gasteiger partial charge >= 0.3 is 0 Å². The van der Waals surface area contributed by atoms with E-state index in [4.69, 9.17) is 0 Å². The molecule has 0 unspecified atom stereocenters. The summed E-state index contributed by atoms with van der Waals surface area (Å²) >= 11 is 0. The lowest BCUT2D eigenvalue weighted by atomic mass is 9.87. The number of H-pyrrole nitrogens is 1. The number of nitrogens with one attached hydrogen (secondary N) is 2. The highest BCUT2D eigenvalue weighted by Crippen LogP contribution is 2.27. The molecule has 4 rings (SSSR count). The van der Waals surface area contributed by atoms with Gasteiger partial charge in [-0.25, -0.2) is 0 Å². The number of carbonyl (C=O) groups excluding carboxylic acids is 3. The van der Waals surface area contributed by atoms with Crippen LogP contribution in [0.15, 0.2) is 30.5 Å². The topological polar surface area (TPSA) is 85.5 Å². The first-order valence-corrected chi connectivity index (χ1v) is 15.0. The van der Waals surface area contributed by atoms with Crippen LogP contribution in [0.4, 0.5) is 0 Å². The first-order chi connectivity index (χ1) is 18.5. The molecule has 208 valence electrons. The molecule has 0 spiro atoms. The van der Waals surface area contributed by atoms with Gasteiger partial charge in [0.2, 0.25) is 17.7 Å². The van der Waals surface area contributed by atoms with Crippen LogP contribution in [-0.2, 0) is 20.8 Å². The summed E-state index contributed by atoms with van der Waals surface area (Å²) in [5.41, 5.74) is 1.94. The number of benzene rings is 1. The fraction of sp³-hybridized carbons (Fsp3) is 0.645. The number of nitrogens with zero attached hydrogens (tertiary/aromatic N) is 2. The number of para-hydroxylation sites is 1. The average Bonchev–Trinajstić information content (AvgIpc) is 3.62. The minimum absolute atomic E-state index is 0.0317. The van der Waals surface area contributed by atoms with Crippen LogP contribution in [0.3, 0.4) is 0 Å². The zero-order valence-electron chi connectivity index (χ0n) is 23.2. The largest absolute Gasteiger partial charge is 0.361 e. The number of amides is 3. The Hall–Kier alpha value is -2.83. The molecule has 2 aliphatic rings. The summed E-state index contributed by atoms with van der Waals surface area (Å²) in [6, 6.07) is 7.40. The summed E-state index contributed by atoms with van der Waals surface area (Å²) in [7, 11) is 0. The first-order valence-electron chi connectivity index (χ1n) is 15.0. The summed E-state index contributed by atoms with van der Waals surface area (Å²) in [5, 5.41) is 4.11. The summed E-state index contributed by atoms with van der Waals surface area (Å²) in [6.07, 6.45) is 14.4. The van der Waals surface area contributed by atoms with E-state index in [0.717, 1.165) is 61.7 Å². The van der Waals surface area contributed by atoms with Crippen LogP contribution >= 0.6 is 0 Å². The van der Waals surface area contributed by atoms with E-state index in [9.17, 15) is 14.4 Å². The van der Waals surface area contributed by atoms with Crippen molar-refractivity contribution in [3.05, 3.63) is 36.0 Å². The van der Waals surface area contributed by atoms with E-state index in [1.807, 2.05) is 40.3 Å². The van der Waals surface area contributed by atoms with E-state index in [0.29, 0.717) is 31.8 Å². The summed E-state index contributed by atoms with van der Waals surface area (Å²) in [5.74, 6) is 0.630. The van der Waals surface area contributed by atoms with Crippen molar-refractivity contribution in [2.24, 2.45) is 5.92 Å². The van der Waals surface area contributed by atoms with Crippen molar-refractivity contribution in [2.75, 3.05) is 26.2 Å². The van der Waals surface area contributed by atoms with Gasteiger partial charge in [-0.15, -0.1) is 0 Å². The molecule has 1 aromatic heterocycles. The Bertz CT molecular complexity index is 1050. The van der Waals surface area contributed by atoms with Crippen molar-refractivity contribution in [2.45, 2.75) is 96.4 Å². The lowest BCUT2D eigenvalue weighted by molar-refractivity contribution is -0.138. The molecule has 7 nitrogen and oxygen atoms in total. The van der Waals surface area contributed by atoms with Gasteiger partial charge in [-0.3, -0.25) is 14.4 Å². The predicted molar refractivity (Wildman–Crippen MR) is 152 cm³/mol. The Labute approximate surface area is 227 Å². The maximum Gasteiger partial charge on any atom is 0.245 e. The lowest BCUT2D eigenvalue weighted by Crippen LogP contribution is -2.50. The van der Waals surface area contributed by atoms with Crippen molar-refractivity contribution < 1.29 is 14.4 Å². The molecule has 2 heterocycles. The maximum absolute atomic E-state index is 13.9. The summed E-state index contributed by atoms with van der Waals surface area (Å²) in [6.45, 7) is 4.86. The second-order valence-electron chi connectivity index (χ2n) is 11.3. The Morgan fingerprint density at radius 1 is 1.05 bits per heavy atom. The van der Waals surface area contributed by atoms with E-state index in [2.05, 4.69) is 17.2 Å². The highest BCUT2D eigenvalue weighted by Gasteiger charge is 2.28. The van der Waals surface area contributed by atoms with Crippen molar-refractivity contribution in [3.8, 4) is 0 Å². The third kappa shape index (κ3) is 7.84. The number of aromatic nitrogens is 1. The van der Waals surface area contributed by atoms with Gasteiger partial charge in [-0.1, -0.05) is 70.1 Å². The van der Waals surface area contributed by atoms with Crippen LogP contribution in [0.5, 0.6) is 0 Å². The molecule has 1 saturated heterocycles. The average molecular weight is 523 g/mol. The first kappa shape index (κ1) is 28.2. The van der Waals surface area contributed by atoms with E-state index in [1.165, 1.54) is 32.1 Å². The molecule has 2 fully saturated rings. The number of likely N-dealkylation sites (tertiary alicyclic amines) is 1. The van der Waals surface area contributed by atoms with Crippen LogP contribution in [0, 0.1) is 5.92 Å². The minimum Gasteiger partial charge on any atom is -0.361 e. The van der Waals surface area contributed by atoms with Gasteiger partial charge < -0.3 is 20.1 Å². The van der Waals surface area contributed by atoms with Crippen molar-refractivity contribution in [3.63, 3.8) is 0 Å². The van der Waals surface area contributed by atoms with Gasteiger partial charge in [0.25, 0.3) is 0 Å². The Balaban J connectivity index is 1.41. The quantitative estimate of drug-likeness (QED) is 0.379. The molecule has 1 aliphatic carbocycles. The number of hydrogen-bond acceptors (Lipinski definition) is 3. The maximum atomic E-state index is 13.9. The molecule has 1 aromatic carbocycles. The van der Waals surface area contributed by atoms with Crippen LogP contribution in [-0.4, -0.2) is 64.7 Å². The van der Waals surface area contributed by atoms with Crippen LogP contribution < -0.4 is 5.32 Å². The standard InChI is InChI=1S/C31H46N4O3/c1-2-3-14-28(33-29(36)22-25-23-32-27-15-8-7-13-26(25)27)31(38)35(20-16-24-11-5-4-6-12-24)21-17-30(37)34-18-9-10-19-34/h7-8,13,15,23-24,28,32H,2-6,9-12,14,16-22H2,1H3,(H,33,36)/t28-/m0/s1. The Morgan fingerprint density at radius 3 is 2.58 bits per heavy atom. The van der Waals surface area contributed by atoms with E-state index < -0.39 is 6.04 Å². The van der Waals surface area contributed by atoms with Gasteiger partial charge in [0.1, 0.15) is 6.04 Å². The van der Waals surface area contributed by atoms with Crippen molar-refractivity contribution in [1.29, 1.82) is 0 Å². The summed E-state index contributed by atoms with van der Waals surface area (Å²) in [4.78, 5) is 46.9. The molecule has 0 bridgehead atoms. The molecule has 0 radical (unpaired) electrons.